The van der Waals surface area contributed by atoms with E-state index < -0.39 is 102 Å². The van der Waals surface area contributed by atoms with Crippen LogP contribution in [0.2, 0.25) is 0 Å². The van der Waals surface area contributed by atoms with Gasteiger partial charge in [-0.1, -0.05) is 273 Å². The minimum atomic E-state index is -4.54. The first-order valence-electron chi connectivity index (χ1n) is 27.9. The quantitative estimate of drug-likeness (QED) is 0.0373. The van der Waals surface area contributed by atoms with Crippen molar-refractivity contribution in [1.82, 2.24) is 0 Å². The summed E-state index contributed by atoms with van der Waals surface area (Å²) in [7, 11) is -4.54. The van der Waals surface area contributed by atoms with E-state index in [0.717, 1.165) is 39.6 Å². The lowest BCUT2D eigenvalue weighted by Gasteiger charge is -2.46. The minimum Gasteiger partial charge on any atom is -0.387 e. The van der Waals surface area contributed by atoms with Crippen molar-refractivity contribution in [3.05, 3.63) is 323 Å². The summed E-state index contributed by atoms with van der Waals surface area (Å²) in [5.41, 5.74) is 2.21. The van der Waals surface area contributed by atoms with E-state index in [4.69, 9.17) is 32.6 Å². The second-order valence-electron chi connectivity index (χ2n) is 21.1. The zero-order chi connectivity index (χ0) is 58.2. The Kier molecular flexibility index (Phi) is 17.6. The predicted molar refractivity (Wildman–Crippen MR) is 317 cm³/mol. The molecule has 4 N–H and O–H groups in total. The molecule has 9 atom stereocenters. The number of hydrogen-bond donors (Lipinski definition) is 4. The monoisotopic (exact) mass is 1150 g/mol. The Balaban J connectivity index is 1.04. The molecular formula is C70H66O13S. The van der Waals surface area contributed by atoms with E-state index >= 15 is 0 Å². The molecule has 0 radical (unpaired) electrons. The van der Waals surface area contributed by atoms with E-state index in [1.54, 1.807) is 0 Å². The number of rotatable bonds is 22. The summed E-state index contributed by atoms with van der Waals surface area (Å²) >= 11 is 0. The van der Waals surface area contributed by atoms with Gasteiger partial charge in [0.25, 0.3) is 10.1 Å². The fourth-order valence-corrected chi connectivity index (χ4v) is 12.5. The molecule has 0 aromatic heterocycles. The molecule has 2 saturated heterocycles. The number of aliphatic hydroxyl groups excluding tert-OH is 4. The van der Waals surface area contributed by atoms with Crippen LogP contribution >= 0.6 is 0 Å². The maximum Gasteiger partial charge on any atom is 0.264 e. The molecular weight excluding hydrogens is 1080 g/mol. The van der Waals surface area contributed by atoms with Gasteiger partial charge in [-0.25, -0.2) is 0 Å². The molecule has 0 aliphatic carbocycles. The van der Waals surface area contributed by atoms with Crippen LogP contribution in [-0.4, -0.2) is 110 Å². The summed E-state index contributed by atoms with van der Waals surface area (Å²) in [5.74, 6) is -2.57. The van der Waals surface area contributed by atoms with Gasteiger partial charge >= 0.3 is 0 Å². The lowest BCUT2D eigenvalue weighted by atomic mass is 9.80. The Morgan fingerprint density at radius 3 is 0.940 bits per heavy atom. The molecule has 13 nitrogen and oxygen atoms in total. The molecule has 0 bridgehead atoms. The average molecular weight is 1150 g/mol. The first kappa shape index (κ1) is 58.3. The van der Waals surface area contributed by atoms with Crippen molar-refractivity contribution in [2.45, 2.75) is 71.6 Å². The smallest absolute Gasteiger partial charge is 0.264 e. The van der Waals surface area contributed by atoms with Crippen LogP contribution in [0, 0.1) is 0 Å². The molecule has 0 spiro atoms. The maximum atomic E-state index is 13.8. The molecule has 14 heteroatoms. The molecule has 2 aliphatic heterocycles. The Labute approximate surface area is 490 Å². The van der Waals surface area contributed by atoms with Crippen molar-refractivity contribution < 1.29 is 61.4 Å². The molecule has 0 amide bonds. The molecule has 430 valence electrons. The lowest BCUT2D eigenvalue weighted by Crippen LogP contribution is -2.63. The second kappa shape index (κ2) is 25.4. The van der Waals surface area contributed by atoms with Gasteiger partial charge in [-0.3, -0.25) is 4.18 Å². The normalized spacial score (nSPS) is 23.0. The number of aliphatic hydroxyl groups is 4. The average Bonchev–Trinajstić information content (AvgIpc) is 1.69. The fraction of sp³-hybridized carbons (Fsp3) is 0.229. The van der Waals surface area contributed by atoms with Gasteiger partial charge in [-0.2, -0.15) is 8.42 Å². The molecule has 0 saturated carbocycles. The number of benzene rings is 9. The largest absolute Gasteiger partial charge is 0.387 e. The highest BCUT2D eigenvalue weighted by molar-refractivity contribution is 7.86. The lowest BCUT2D eigenvalue weighted by molar-refractivity contribution is -0.388. The Hall–Kier alpha value is -7.51. The van der Waals surface area contributed by atoms with Gasteiger partial charge in [0.05, 0.1) is 19.5 Å². The van der Waals surface area contributed by atoms with Gasteiger partial charge in [0.1, 0.15) is 60.0 Å². The van der Waals surface area contributed by atoms with Crippen molar-refractivity contribution in [2.24, 2.45) is 0 Å². The highest BCUT2D eigenvalue weighted by atomic mass is 32.2. The highest BCUT2D eigenvalue weighted by Gasteiger charge is 2.63. The summed E-state index contributed by atoms with van der Waals surface area (Å²) in [6, 6.07) is 85.5. The molecule has 2 aliphatic rings. The van der Waals surface area contributed by atoms with Crippen LogP contribution in [0.15, 0.2) is 273 Å². The van der Waals surface area contributed by atoms with Crippen LogP contribution in [-0.2, 0) is 59.5 Å². The zero-order valence-electron chi connectivity index (χ0n) is 46.1. The Bertz CT molecular complexity index is 3310. The van der Waals surface area contributed by atoms with E-state index in [0.29, 0.717) is 16.7 Å². The van der Waals surface area contributed by atoms with E-state index in [-0.39, 0.29) is 0 Å². The van der Waals surface area contributed by atoms with Crippen LogP contribution in [0.3, 0.4) is 0 Å². The van der Waals surface area contributed by atoms with Gasteiger partial charge in [0.15, 0.2) is 12.4 Å². The summed E-state index contributed by atoms with van der Waals surface area (Å²) in [4.78, 5) is 0. The van der Waals surface area contributed by atoms with Crippen molar-refractivity contribution in [3.63, 3.8) is 0 Å². The van der Waals surface area contributed by atoms with Gasteiger partial charge in [0.2, 0.25) is 5.79 Å². The first-order chi connectivity index (χ1) is 40.9. The molecule has 1 unspecified atom stereocenters. The first-order valence-corrected chi connectivity index (χ1v) is 29.7. The Morgan fingerprint density at radius 1 is 0.381 bits per heavy atom. The van der Waals surface area contributed by atoms with Crippen LogP contribution in [0.25, 0.3) is 0 Å². The summed E-state index contributed by atoms with van der Waals surface area (Å²) in [6.45, 7) is -1.58. The topological polar surface area (TPSA) is 180 Å². The summed E-state index contributed by atoms with van der Waals surface area (Å²) in [6.07, 6.45) is -13.7. The maximum absolute atomic E-state index is 13.8. The van der Waals surface area contributed by atoms with Crippen LogP contribution in [0.4, 0.5) is 0 Å². The van der Waals surface area contributed by atoms with Crippen molar-refractivity contribution in [1.29, 1.82) is 0 Å². The minimum absolute atomic E-state index is 0.407. The molecule has 84 heavy (non-hydrogen) atoms. The van der Waals surface area contributed by atoms with Gasteiger partial charge in [-0.05, 0) is 50.1 Å². The van der Waals surface area contributed by atoms with Crippen LogP contribution < -0.4 is 0 Å². The Morgan fingerprint density at radius 2 is 0.655 bits per heavy atom. The number of ether oxygens (including phenoxy) is 6. The van der Waals surface area contributed by atoms with Gasteiger partial charge < -0.3 is 48.8 Å². The molecule has 2 fully saturated rings. The SMILES string of the molecule is CS(=O)(=O)O[C@H]1C(O)[C@@H](COC(c2ccccc2)(c2ccccc2)c2ccccc2)O[C@@]1(COC(c1ccccc1)(c1ccccc1)c1ccccc1)O[C@H]1O[C@H](COC(c2ccccc2)(c2ccccc2)c2ccccc2)[C@@H](O)[C@H](O)[C@H]1O. The fourth-order valence-electron chi connectivity index (χ4n) is 11.8. The van der Waals surface area contributed by atoms with E-state index in [1.807, 2.05) is 273 Å². The standard InChI is InChI=1S/C70H66O13S/c1-84(75,76)83-65-62(72)60(48-78-69(53-35-17-5-18-36-53,54-37-19-6-20-38-54)55-39-21-7-22-40-55)81-67(65,49-79-70(56-41-23-8-24-42-56,57-43-25-9-26-44-57)58-45-27-10-28-46-58)82-66-64(74)63(73)61(71)59(80-66)47-77-68(50-29-11-2-12-30-50,51-31-13-3-14-32-51)52-33-15-4-16-34-52/h2-46,59-66,71-74H,47-49H2,1H3/t59-,60-,61-,62?,63+,64-,65+,66-,67+/m1/s1. The van der Waals surface area contributed by atoms with Crippen molar-refractivity contribution in [2.75, 3.05) is 26.1 Å². The van der Waals surface area contributed by atoms with Gasteiger partial charge in [0, 0.05) is 0 Å². The van der Waals surface area contributed by atoms with Crippen LogP contribution in [0.5, 0.6) is 0 Å². The third kappa shape index (κ3) is 11.6. The third-order valence-corrected chi connectivity index (χ3v) is 16.3. The molecule has 9 aromatic carbocycles. The summed E-state index contributed by atoms with van der Waals surface area (Å²) < 4.78 is 76.1. The van der Waals surface area contributed by atoms with E-state index in [9.17, 15) is 28.8 Å². The third-order valence-electron chi connectivity index (χ3n) is 15.8. The van der Waals surface area contributed by atoms with E-state index in [1.165, 1.54) is 0 Å². The molecule has 9 aromatic rings. The molecule has 2 heterocycles. The van der Waals surface area contributed by atoms with Gasteiger partial charge in [-0.15, -0.1) is 0 Å². The van der Waals surface area contributed by atoms with Crippen molar-refractivity contribution in [3.8, 4) is 0 Å². The highest BCUT2D eigenvalue weighted by Crippen LogP contribution is 2.48. The predicted octanol–water partition coefficient (Wildman–Crippen LogP) is 9.64. The van der Waals surface area contributed by atoms with E-state index in [2.05, 4.69) is 0 Å². The zero-order valence-corrected chi connectivity index (χ0v) is 46.9. The number of hydrogen-bond acceptors (Lipinski definition) is 13. The van der Waals surface area contributed by atoms with Crippen LogP contribution in [0.1, 0.15) is 50.1 Å². The second-order valence-corrected chi connectivity index (χ2v) is 22.7. The van der Waals surface area contributed by atoms with Crippen molar-refractivity contribution >= 4 is 10.1 Å². The molecule has 11 rings (SSSR count). The summed E-state index contributed by atoms with van der Waals surface area (Å²) in [5, 5.41) is 49.1.